The van der Waals surface area contributed by atoms with Crippen molar-refractivity contribution in [2.75, 3.05) is 7.11 Å². The van der Waals surface area contributed by atoms with Crippen LogP contribution in [-0.4, -0.2) is 19.3 Å². The zero-order valence-electron chi connectivity index (χ0n) is 12.2. The fraction of sp³-hybridized carbons (Fsp3) is 0.625. The fourth-order valence-electron chi connectivity index (χ4n) is 2.98. The molecular weight excluding hydrogens is 302 g/mol. The summed E-state index contributed by atoms with van der Waals surface area (Å²) in [6.45, 7) is 6.81. The first-order chi connectivity index (χ1) is 8.98. The highest BCUT2D eigenvalue weighted by atomic mass is 79.9. The second-order valence-corrected chi connectivity index (χ2v) is 6.93. The first-order valence-electron chi connectivity index (χ1n) is 7.03. The highest BCUT2D eigenvalue weighted by Gasteiger charge is 2.48. The van der Waals surface area contributed by atoms with Crippen molar-refractivity contribution in [2.45, 2.75) is 51.8 Å². The predicted octanol–water partition coefficient (Wildman–Crippen LogP) is 4.30. The largest absolute Gasteiger partial charge is 0.381 e. The van der Waals surface area contributed by atoms with Gasteiger partial charge in [0.1, 0.15) is 0 Å². The molecule has 3 heteroatoms. The number of hydrogen-bond donors (Lipinski definition) is 1. The van der Waals surface area contributed by atoms with Crippen LogP contribution in [0.4, 0.5) is 0 Å². The van der Waals surface area contributed by atoms with E-state index >= 15 is 0 Å². The van der Waals surface area contributed by atoms with Gasteiger partial charge in [0, 0.05) is 29.1 Å². The molecular formula is C16H24BrNO. The Morgan fingerprint density at radius 2 is 2.21 bits per heavy atom. The van der Waals surface area contributed by atoms with E-state index in [1.807, 2.05) is 7.11 Å². The lowest BCUT2D eigenvalue weighted by Crippen LogP contribution is -2.61. The lowest BCUT2D eigenvalue weighted by molar-refractivity contribution is -0.100. The molecule has 0 aromatic heterocycles. The van der Waals surface area contributed by atoms with Crippen LogP contribution < -0.4 is 5.32 Å². The predicted molar refractivity (Wildman–Crippen MR) is 83.3 cm³/mol. The molecule has 1 N–H and O–H groups in total. The third-order valence-electron chi connectivity index (χ3n) is 4.52. The summed E-state index contributed by atoms with van der Waals surface area (Å²) in [5.41, 5.74) is 1.57. The van der Waals surface area contributed by atoms with Gasteiger partial charge in [-0.3, -0.25) is 0 Å². The van der Waals surface area contributed by atoms with Crippen LogP contribution in [0, 0.1) is 5.41 Å². The molecule has 1 aliphatic rings. The Bertz CT molecular complexity index is 433. The molecule has 1 fully saturated rings. The van der Waals surface area contributed by atoms with Gasteiger partial charge >= 0.3 is 0 Å². The minimum atomic E-state index is 0.216. The van der Waals surface area contributed by atoms with E-state index in [-0.39, 0.29) is 5.41 Å². The molecule has 1 aromatic carbocycles. The Labute approximate surface area is 125 Å². The lowest BCUT2D eigenvalue weighted by atomic mass is 9.64. The Kier molecular flexibility index (Phi) is 4.70. The summed E-state index contributed by atoms with van der Waals surface area (Å²) in [4.78, 5) is 0. The van der Waals surface area contributed by atoms with Gasteiger partial charge < -0.3 is 10.1 Å². The van der Waals surface area contributed by atoms with Gasteiger partial charge in [-0.15, -0.1) is 0 Å². The molecule has 2 rings (SSSR count). The van der Waals surface area contributed by atoms with E-state index in [0.717, 1.165) is 17.3 Å². The molecule has 1 aromatic rings. The third-order valence-corrected chi connectivity index (χ3v) is 5.02. The SMILES string of the molecule is CCC(NC1CC(OC)C1(C)C)c1cccc(Br)c1. The molecule has 1 saturated carbocycles. The molecule has 2 nitrogen and oxygen atoms in total. The van der Waals surface area contributed by atoms with Crippen LogP contribution >= 0.6 is 15.9 Å². The Morgan fingerprint density at radius 3 is 2.74 bits per heavy atom. The third kappa shape index (κ3) is 3.04. The Morgan fingerprint density at radius 1 is 1.47 bits per heavy atom. The van der Waals surface area contributed by atoms with E-state index in [1.54, 1.807) is 0 Å². The van der Waals surface area contributed by atoms with Gasteiger partial charge in [-0.1, -0.05) is 48.8 Å². The van der Waals surface area contributed by atoms with Crippen LogP contribution in [0.5, 0.6) is 0 Å². The molecule has 0 bridgehead atoms. The highest BCUT2D eigenvalue weighted by molar-refractivity contribution is 9.10. The number of benzene rings is 1. The molecule has 0 spiro atoms. The summed E-state index contributed by atoms with van der Waals surface area (Å²) < 4.78 is 6.67. The van der Waals surface area contributed by atoms with Crippen molar-refractivity contribution in [3.05, 3.63) is 34.3 Å². The molecule has 0 radical (unpaired) electrons. The normalized spacial score (nSPS) is 26.8. The van der Waals surface area contributed by atoms with Gasteiger partial charge in [-0.2, -0.15) is 0 Å². The first kappa shape index (κ1) is 15.0. The summed E-state index contributed by atoms with van der Waals surface area (Å²) in [7, 11) is 1.81. The van der Waals surface area contributed by atoms with Gasteiger partial charge in [-0.05, 0) is 30.5 Å². The topological polar surface area (TPSA) is 21.3 Å². The monoisotopic (exact) mass is 325 g/mol. The van der Waals surface area contributed by atoms with Crippen molar-refractivity contribution in [2.24, 2.45) is 5.41 Å². The number of halogens is 1. The molecule has 0 heterocycles. The lowest BCUT2D eigenvalue weighted by Gasteiger charge is -2.52. The molecule has 0 saturated heterocycles. The second kappa shape index (κ2) is 5.94. The summed E-state index contributed by atoms with van der Waals surface area (Å²) in [6.07, 6.45) is 2.58. The summed E-state index contributed by atoms with van der Waals surface area (Å²) >= 11 is 3.55. The van der Waals surface area contributed by atoms with Crippen LogP contribution in [0.3, 0.4) is 0 Å². The van der Waals surface area contributed by atoms with Crippen LogP contribution in [0.1, 0.15) is 45.2 Å². The zero-order valence-corrected chi connectivity index (χ0v) is 13.8. The molecule has 3 unspecified atom stereocenters. The van der Waals surface area contributed by atoms with E-state index in [4.69, 9.17) is 4.74 Å². The minimum absolute atomic E-state index is 0.216. The first-order valence-corrected chi connectivity index (χ1v) is 7.82. The van der Waals surface area contributed by atoms with E-state index in [9.17, 15) is 0 Å². The van der Waals surface area contributed by atoms with Crippen LogP contribution in [-0.2, 0) is 4.74 Å². The fourth-order valence-corrected chi connectivity index (χ4v) is 3.40. The maximum absolute atomic E-state index is 5.52. The van der Waals surface area contributed by atoms with Crippen molar-refractivity contribution in [3.8, 4) is 0 Å². The van der Waals surface area contributed by atoms with Crippen LogP contribution in [0.15, 0.2) is 28.7 Å². The van der Waals surface area contributed by atoms with Crippen LogP contribution in [0.25, 0.3) is 0 Å². The van der Waals surface area contributed by atoms with Gasteiger partial charge in [-0.25, -0.2) is 0 Å². The van der Waals surface area contributed by atoms with Crippen molar-refractivity contribution < 1.29 is 4.74 Å². The maximum atomic E-state index is 5.52. The van der Waals surface area contributed by atoms with E-state index in [1.165, 1.54) is 5.56 Å². The average Bonchev–Trinajstić information content (AvgIpc) is 2.38. The zero-order chi connectivity index (χ0) is 14.0. The number of ether oxygens (including phenoxy) is 1. The quantitative estimate of drug-likeness (QED) is 0.871. The number of methoxy groups -OCH3 is 1. The smallest absolute Gasteiger partial charge is 0.0652 e. The molecule has 0 aliphatic heterocycles. The van der Waals surface area contributed by atoms with Gasteiger partial charge in [0.05, 0.1) is 6.10 Å². The Balaban J connectivity index is 2.05. The molecule has 0 amide bonds. The molecule has 19 heavy (non-hydrogen) atoms. The molecule has 1 aliphatic carbocycles. The van der Waals surface area contributed by atoms with Crippen molar-refractivity contribution in [1.29, 1.82) is 0 Å². The second-order valence-electron chi connectivity index (χ2n) is 6.02. The van der Waals surface area contributed by atoms with Crippen LogP contribution in [0.2, 0.25) is 0 Å². The van der Waals surface area contributed by atoms with Crippen molar-refractivity contribution >= 4 is 15.9 Å². The Hall–Kier alpha value is -0.380. The van der Waals surface area contributed by atoms with Crippen molar-refractivity contribution in [3.63, 3.8) is 0 Å². The van der Waals surface area contributed by atoms with Crippen molar-refractivity contribution in [1.82, 2.24) is 5.32 Å². The van der Waals surface area contributed by atoms with E-state index in [0.29, 0.717) is 18.2 Å². The van der Waals surface area contributed by atoms with Gasteiger partial charge in [0.2, 0.25) is 0 Å². The summed E-state index contributed by atoms with van der Waals surface area (Å²) in [5.74, 6) is 0. The summed E-state index contributed by atoms with van der Waals surface area (Å²) in [6, 6.07) is 9.53. The van der Waals surface area contributed by atoms with E-state index in [2.05, 4.69) is 66.3 Å². The number of hydrogen-bond acceptors (Lipinski definition) is 2. The maximum Gasteiger partial charge on any atom is 0.0652 e. The summed E-state index contributed by atoms with van der Waals surface area (Å²) in [5, 5.41) is 3.80. The standard InChI is InChI=1S/C16H24BrNO/c1-5-13(11-7-6-8-12(17)9-11)18-14-10-15(19-4)16(14,2)3/h6-9,13-15,18H,5,10H2,1-4H3. The number of rotatable bonds is 5. The van der Waals surface area contributed by atoms with E-state index < -0.39 is 0 Å². The average molecular weight is 326 g/mol. The number of nitrogens with one attached hydrogen (secondary N) is 1. The minimum Gasteiger partial charge on any atom is -0.381 e. The van der Waals surface area contributed by atoms with Gasteiger partial charge in [0.15, 0.2) is 0 Å². The highest BCUT2D eigenvalue weighted by Crippen LogP contribution is 2.43. The molecule has 3 atom stereocenters. The molecule has 106 valence electrons. The van der Waals surface area contributed by atoms with Gasteiger partial charge in [0.25, 0.3) is 0 Å².